The van der Waals surface area contributed by atoms with E-state index in [9.17, 15) is 0 Å². The Labute approximate surface area is 70.2 Å². The van der Waals surface area contributed by atoms with E-state index in [4.69, 9.17) is 0 Å². The highest BCUT2D eigenvalue weighted by Crippen LogP contribution is 1.86. The molecule has 0 radical (unpaired) electrons. The molecule has 0 aromatic heterocycles. The maximum absolute atomic E-state index is 3.26. The summed E-state index contributed by atoms with van der Waals surface area (Å²) in [6, 6.07) is 0. The lowest BCUT2D eigenvalue weighted by Crippen LogP contribution is -2.30. The molecular formula is C9H20N2. The third kappa shape index (κ3) is 7.40. The molecule has 0 saturated carbocycles. The minimum atomic E-state index is 1.07. The van der Waals surface area contributed by atoms with Crippen molar-refractivity contribution in [2.75, 3.05) is 13.6 Å². The first kappa shape index (κ1) is 10.5. The Balaban J connectivity index is 3.21. The van der Waals surface area contributed by atoms with Crippen LogP contribution in [0.5, 0.6) is 0 Å². The Morgan fingerprint density at radius 1 is 1.36 bits per heavy atom. The first-order valence-electron chi connectivity index (χ1n) is 4.44. The standard InChI is InChI=1S/C9H20N2/c1-4-6-8-10-11(3)9-7-5-2/h7,9-10H,4-6,8H2,1-3H3/b9-7-. The fourth-order valence-electron chi connectivity index (χ4n) is 0.748. The highest BCUT2D eigenvalue weighted by molar-refractivity contribution is 4.76. The second-order valence-corrected chi connectivity index (χ2v) is 2.67. The van der Waals surface area contributed by atoms with Crippen molar-refractivity contribution in [2.45, 2.75) is 33.1 Å². The van der Waals surface area contributed by atoms with Crippen molar-refractivity contribution in [3.63, 3.8) is 0 Å². The summed E-state index contributed by atoms with van der Waals surface area (Å²) in [4.78, 5) is 0. The van der Waals surface area contributed by atoms with Crippen molar-refractivity contribution < 1.29 is 0 Å². The lowest BCUT2D eigenvalue weighted by Gasteiger charge is -2.14. The lowest BCUT2D eigenvalue weighted by atomic mass is 10.3. The quantitative estimate of drug-likeness (QED) is 0.468. The van der Waals surface area contributed by atoms with Crippen molar-refractivity contribution >= 4 is 0 Å². The zero-order valence-electron chi connectivity index (χ0n) is 7.93. The molecule has 0 unspecified atom stereocenters. The molecule has 0 spiro atoms. The topological polar surface area (TPSA) is 15.3 Å². The number of nitrogens with one attached hydrogen (secondary N) is 1. The Morgan fingerprint density at radius 3 is 2.64 bits per heavy atom. The highest BCUT2D eigenvalue weighted by atomic mass is 15.5. The van der Waals surface area contributed by atoms with E-state index >= 15 is 0 Å². The number of hydrogen-bond acceptors (Lipinski definition) is 2. The first-order valence-corrected chi connectivity index (χ1v) is 4.44. The zero-order valence-corrected chi connectivity index (χ0v) is 7.93. The van der Waals surface area contributed by atoms with E-state index in [1.807, 2.05) is 12.1 Å². The lowest BCUT2D eigenvalue weighted by molar-refractivity contribution is 0.324. The van der Waals surface area contributed by atoms with Gasteiger partial charge >= 0.3 is 0 Å². The van der Waals surface area contributed by atoms with Gasteiger partial charge in [-0.3, -0.25) is 0 Å². The summed E-state index contributed by atoms with van der Waals surface area (Å²) in [5, 5.41) is 2.01. The maximum Gasteiger partial charge on any atom is 0.0225 e. The summed E-state index contributed by atoms with van der Waals surface area (Å²) in [6.07, 6.45) is 7.79. The van der Waals surface area contributed by atoms with Crippen LogP contribution in [0.1, 0.15) is 33.1 Å². The monoisotopic (exact) mass is 156 g/mol. The van der Waals surface area contributed by atoms with Gasteiger partial charge in [0.25, 0.3) is 0 Å². The molecule has 0 rings (SSSR count). The molecule has 0 saturated heterocycles. The molecule has 0 amide bonds. The van der Waals surface area contributed by atoms with Gasteiger partial charge in [0.05, 0.1) is 0 Å². The summed E-state index contributed by atoms with van der Waals surface area (Å²) in [6.45, 7) is 5.40. The van der Waals surface area contributed by atoms with E-state index in [0.717, 1.165) is 13.0 Å². The second-order valence-electron chi connectivity index (χ2n) is 2.67. The van der Waals surface area contributed by atoms with Crippen molar-refractivity contribution in [1.29, 1.82) is 0 Å². The van der Waals surface area contributed by atoms with Crippen molar-refractivity contribution in [3.05, 3.63) is 12.3 Å². The third-order valence-electron chi connectivity index (χ3n) is 1.46. The summed E-state index contributed by atoms with van der Waals surface area (Å²) in [5.74, 6) is 0. The molecule has 0 bridgehead atoms. The maximum atomic E-state index is 3.26. The molecule has 0 aliphatic rings. The van der Waals surface area contributed by atoms with Gasteiger partial charge in [-0.05, 0) is 12.8 Å². The summed E-state index contributed by atoms with van der Waals surface area (Å²) < 4.78 is 0. The number of rotatable bonds is 6. The Bertz CT molecular complexity index is 99.7. The van der Waals surface area contributed by atoms with Crippen LogP contribution in [0.3, 0.4) is 0 Å². The molecular weight excluding hydrogens is 136 g/mol. The van der Waals surface area contributed by atoms with Gasteiger partial charge in [-0.25, -0.2) is 5.43 Å². The van der Waals surface area contributed by atoms with Crippen molar-refractivity contribution in [3.8, 4) is 0 Å². The van der Waals surface area contributed by atoms with Crippen LogP contribution in [0.25, 0.3) is 0 Å². The molecule has 2 heteroatoms. The number of nitrogens with zero attached hydrogens (tertiary/aromatic N) is 1. The van der Waals surface area contributed by atoms with Crippen LogP contribution in [-0.4, -0.2) is 18.6 Å². The van der Waals surface area contributed by atoms with E-state index in [-0.39, 0.29) is 0 Å². The summed E-state index contributed by atoms with van der Waals surface area (Å²) >= 11 is 0. The zero-order chi connectivity index (χ0) is 8.53. The molecule has 2 nitrogen and oxygen atoms in total. The first-order chi connectivity index (χ1) is 5.31. The molecule has 0 fully saturated rings. The van der Waals surface area contributed by atoms with Gasteiger partial charge < -0.3 is 5.01 Å². The van der Waals surface area contributed by atoms with Gasteiger partial charge in [-0.2, -0.15) is 0 Å². The Morgan fingerprint density at radius 2 is 2.09 bits per heavy atom. The third-order valence-corrected chi connectivity index (χ3v) is 1.46. The average molecular weight is 156 g/mol. The normalized spacial score (nSPS) is 10.8. The SMILES string of the molecule is CC/C=C\N(C)NCCCC. The fraction of sp³-hybridized carbons (Fsp3) is 0.778. The number of allylic oxidation sites excluding steroid dienone is 1. The predicted molar refractivity (Wildman–Crippen MR) is 50.1 cm³/mol. The molecule has 11 heavy (non-hydrogen) atoms. The molecule has 1 N–H and O–H groups in total. The number of unbranched alkanes of at least 4 members (excludes halogenated alkanes) is 1. The van der Waals surface area contributed by atoms with Gasteiger partial charge in [0, 0.05) is 19.8 Å². The highest BCUT2D eigenvalue weighted by Gasteiger charge is 1.86. The van der Waals surface area contributed by atoms with E-state index in [2.05, 4.69) is 31.5 Å². The van der Waals surface area contributed by atoms with Gasteiger partial charge in [0.15, 0.2) is 0 Å². The van der Waals surface area contributed by atoms with E-state index in [1.54, 1.807) is 0 Å². The Hall–Kier alpha value is -0.500. The van der Waals surface area contributed by atoms with Crippen LogP contribution in [0, 0.1) is 0 Å². The van der Waals surface area contributed by atoms with Crippen LogP contribution >= 0.6 is 0 Å². The van der Waals surface area contributed by atoms with Crippen molar-refractivity contribution in [1.82, 2.24) is 10.4 Å². The summed E-state index contributed by atoms with van der Waals surface area (Å²) in [5.41, 5.74) is 3.26. The Kier molecular flexibility index (Phi) is 7.26. The minimum absolute atomic E-state index is 1.07. The minimum Gasteiger partial charge on any atom is -0.319 e. The van der Waals surface area contributed by atoms with Crippen LogP contribution in [0.4, 0.5) is 0 Å². The molecule has 0 aliphatic heterocycles. The van der Waals surface area contributed by atoms with Crippen LogP contribution in [0.2, 0.25) is 0 Å². The van der Waals surface area contributed by atoms with Gasteiger partial charge in [-0.15, -0.1) is 0 Å². The van der Waals surface area contributed by atoms with Gasteiger partial charge in [0.2, 0.25) is 0 Å². The van der Waals surface area contributed by atoms with E-state index in [1.165, 1.54) is 12.8 Å². The number of hydrazine groups is 1. The smallest absolute Gasteiger partial charge is 0.0225 e. The van der Waals surface area contributed by atoms with Gasteiger partial charge in [0.1, 0.15) is 0 Å². The van der Waals surface area contributed by atoms with E-state index < -0.39 is 0 Å². The molecule has 0 heterocycles. The summed E-state index contributed by atoms with van der Waals surface area (Å²) in [7, 11) is 2.03. The molecule has 0 aliphatic carbocycles. The van der Waals surface area contributed by atoms with Crippen molar-refractivity contribution in [2.24, 2.45) is 0 Å². The molecule has 0 aromatic carbocycles. The van der Waals surface area contributed by atoms with Crippen LogP contribution < -0.4 is 5.43 Å². The second kappa shape index (κ2) is 7.61. The van der Waals surface area contributed by atoms with E-state index in [0.29, 0.717) is 0 Å². The molecule has 66 valence electrons. The van der Waals surface area contributed by atoms with Crippen LogP contribution in [0.15, 0.2) is 12.3 Å². The average Bonchev–Trinajstić information content (AvgIpc) is 2.01. The number of hydrogen-bond donors (Lipinski definition) is 1. The van der Waals surface area contributed by atoms with Gasteiger partial charge in [-0.1, -0.05) is 26.3 Å². The van der Waals surface area contributed by atoms with Crippen LogP contribution in [-0.2, 0) is 0 Å². The molecule has 0 aromatic rings. The fourth-order valence-corrected chi connectivity index (χ4v) is 0.748. The predicted octanol–water partition coefficient (Wildman–Crippen LogP) is 2.15. The largest absolute Gasteiger partial charge is 0.319 e. The molecule has 0 atom stereocenters.